The Labute approximate surface area is 160 Å². The van der Waals surface area contributed by atoms with Gasteiger partial charge in [0.25, 0.3) is 5.91 Å². The number of carbonyl (C=O) groups excluding carboxylic acids is 1. The molecule has 1 amide bonds. The number of rotatable bonds is 10. The van der Waals surface area contributed by atoms with E-state index in [9.17, 15) is 9.90 Å². The summed E-state index contributed by atoms with van der Waals surface area (Å²) in [6, 6.07) is 3.70. The third-order valence-electron chi connectivity index (χ3n) is 5.07. The van der Waals surface area contributed by atoms with Gasteiger partial charge in [0.2, 0.25) is 0 Å². The van der Waals surface area contributed by atoms with Crippen molar-refractivity contribution in [3.8, 4) is 0 Å². The van der Waals surface area contributed by atoms with Gasteiger partial charge in [-0.3, -0.25) is 4.79 Å². The molecule has 1 aliphatic heterocycles. The molecular weight excluding hydrogens is 344 g/mol. The first-order chi connectivity index (χ1) is 12.9. The van der Waals surface area contributed by atoms with E-state index in [2.05, 4.69) is 16.9 Å². The van der Waals surface area contributed by atoms with E-state index in [1.807, 2.05) is 6.07 Å². The first-order valence-electron chi connectivity index (χ1n) is 9.45. The average molecular weight is 374 g/mol. The van der Waals surface area contributed by atoms with Crippen molar-refractivity contribution in [2.75, 3.05) is 12.3 Å². The lowest BCUT2D eigenvalue weighted by Gasteiger charge is -2.21. The summed E-state index contributed by atoms with van der Waals surface area (Å²) in [6.45, 7) is 2.15. The van der Waals surface area contributed by atoms with Gasteiger partial charge in [-0.25, -0.2) is 4.98 Å². The minimum Gasteiger partial charge on any atom is -0.396 e. The fourth-order valence-electron chi connectivity index (χ4n) is 3.40. The Kier molecular flexibility index (Phi) is 7.94. The molecule has 0 radical (unpaired) electrons. The zero-order chi connectivity index (χ0) is 19.8. The van der Waals surface area contributed by atoms with Crippen molar-refractivity contribution in [1.82, 2.24) is 4.98 Å². The maximum atomic E-state index is 11.9. The predicted octanol–water partition coefficient (Wildman–Crippen LogP) is 1.57. The van der Waals surface area contributed by atoms with Crippen molar-refractivity contribution in [1.29, 1.82) is 0 Å². The number of hydrogen-bond acceptors (Lipinski definition) is 6. The third kappa shape index (κ3) is 6.45. The standard InChI is InChI=1S/C20H30N4O3/c1-13(2-4-15-6-8-17(12-26)23-19(15)22)10-14(11-25)3-5-16-7-9-18(21)24-20(16)27/h6-9,13-14,16,25-26H,2-5,10-12H2,1H3,(H2,22,23)(H2,21,24,27). The van der Waals surface area contributed by atoms with Gasteiger partial charge in [0.15, 0.2) is 0 Å². The van der Waals surface area contributed by atoms with E-state index in [0.29, 0.717) is 23.9 Å². The SMILES string of the molecule is CC(CCc1ccc(CO)nc1N)CC(CO)CCC1C=CC(N)=NC1=O. The van der Waals surface area contributed by atoms with Crippen molar-refractivity contribution >= 4 is 17.6 Å². The summed E-state index contributed by atoms with van der Waals surface area (Å²) in [5.74, 6) is 0.841. The number of amidine groups is 1. The summed E-state index contributed by atoms with van der Waals surface area (Å²) < 4.78 is 0. The fourth-order valence-corrected chi connectivity index (χ4v) is 3.40. The van der Waals surface area contributed by atoms with Crippen molar-refractivity contribution in [2.45, 2.75) is 45.6 Å². The van der Waals surface area contributed by atoms with Crippen LogP contribution >= 0.6 is 0 Å². The molecule has 7 nitrogen and oxygen atoms in total. The van der Waals surface area contributed by atoms with Crippen LogP contribution in [0, 0.1) is 17.8 Å². The highest BCUT2D eigenvalue weighted by molar-refractivity contribution is 6.03. The number of carbonyl (C=O) groups is 1. The molecule has 0 aliphatic carbocycles. The number of aliphatic hydroxyl groups is 2. The average Bonchev–Trinajstić information content (AvgIpc) is 2.65. The molecule has 0 aromatic carbocycles. The molecule has 3 atom stereocenters. The number of anilines is 1. The lowest BCUT2D eigenvalue weighted by atomic mass is 9.86. The molecule has 7 heteroatoms. The van der Waals surface area contributed by atoms with E-state index in [1.54, 1.807) is 18.2 Å². The van der Waals surface area contributed by atoms with Gasteiger partial charge in [-0.2, -0.15) is 4.99 Å². The summed E-state index contributed by atoms with van der Waals surface area (Å²) in [4.78, 5) is 19.8. The van der Waals surface area contributed by atoms with Crippen molar-refractivity contribution in [3.05, 3.63) is 35.5 Å². The molecule has 0 saturated carbocycles. The van der Waals surface area contributed by atoms with E-state index in [0.717, 1.165) is 31.2 Å². The van der Waals surface area contributed by atoms with Gasteiger partial charge in [-0.15, -0.1) is 0 Å². The zero-order valence-corrected chi connectivity index (χ0v) is 15.8. The first-order valence-corrected chi connectivity index (χ1v) is 9.45. The maximum Gasteiger partial charge on any atom is 0.254 e. The number of aliphatic hydroxyl groups excluding tert-OH is 2. The molecule has 0 fully saturated rings. The van der Waals surface area contributed by atoms with Gasteiger partial charge >= 0.3 is 0 Å². The number of pyridine rings is 1. The molecule has 27 heavy (non-hydrogen) atoms. The topological polar surface area (TPSA) is 135 Å². The number of amides is 1. The summed E-state index contributed by atoms with van der Waals surface area (Å²) in [6.07, 6.45) is 7.53. The van der Waals surface area contributed by atoms with Gasteiger partial charge in [-0.1, -0.05) is 19.1 Å². The minimum atomic E-state index is -0.238. The smallest absolute Gasteiger partial charge is 0.254 e. The molecule has 148 valence electrons. The van der Waals surface area contributed by atoms with Crippen LogP contribution in [-0.2, 0) is 17.8 Å². The van der Waals surface area contributed by atoms with Crippen molar-refractivity contribution in [3.63, 3.8) is 0 Å². The van der Waals surface area contributed by atoms with Crippen molar-refractivity contribution in [2.24, 2.45) is 28.5 Å². The first kappa shape index (κ1) is 21.1. The number of nitrogens with two attached hydrogens (primary N) is 2. The molecule has 6 N–H and O–H groups in total. The van der Waals surface area contributed by atoms with Gasteiger partial charge in [0.1, 0.15) is 11.7 Å². The van der Waals surface area contributed by atoms with Crippen LogP contribution in [0.3, 0.4) is 0 Å². The molecule has 1 aromatic heterocycles. The van der Waals surface area contributed by atoms with Crippen molar-refractivity contribution < 1.29 is 15.0 Å². The van der Waals surface area contributed by atoms with Crippen LogP contribution in [0.25, 0.3) is 0 Å². The number of dihydropyridines is 1. The van der Waals surface area contributed by atoms with E-state index >= 15 is 0 Å². The Morgan fingerprint density at radius 1 is 1.22 bits per heavy atom. The lowest BCUT2D eigenvalue weighted by molar-refractivity contribution is -0.120. The summed E-state index contributed by atoms with van der Waals surface area (Å²) in [5.41, 5.74) is 13.0. The molecule has 0 bridgehead atoms. The normalized spacial score (nSPS) is 19.0. The number of nitrogen functional groups attached to an aromatic ring is 1. The Morgan fingerprint density at radius 2 is 2.00 bits per heavy atom. The monoisotopic (exact) mass is 374 g/mol. The van der Waals surface area contributed by atoms with E-state index in [-0.39, 0.29) is 36.8 Å². The largest absolute Gasteiger partial charge is 0.396 e. The Morgan fingerprint density at radius 3 is 2.63 bits per heavy atom. The highest BCUT2D eigenvalue weighted by Crippen LogP contribution is 2.25. The summed E-state index contributed by atoms with van der Waals surface area (Å²) in [5, 5.41) is 18.8. The second-order valence-corrected chi connectivity index (χ2v) is 7.35. The molecule has 0 spiro atoms. The van der Waals surface area contributed by atoms with Crippen LogP contribution < -0.4 is 11.5 Å². The number of aromatic nitrogens is 1. The number of aliphatic imine (C=N–C) groups is 1. The predicted molar refractivity (Wildman–Crippen MR) is 106 cm³/mol. The Balaban J connectivity index is 1.78. The minimum absolute atomic E-state index is 0.106. The van der Waals surface area contributed by atoms with Gasteiger partial charge < -0.3 is 21.7 Å². The third-order valence-corrected chi connectivity index (χ3v) is 5.07. The van der Waals surface area contributed by atoms with Crippen LogP contribution in [0.2, 0.25) is 0 Å². The molecule has 0 saturated heterocycles. The Hall–Kier alpha value is -2.25. The molecule has 3 unspecified atom stereocenters. The van der Waals surface area contributed by atoms with Gasteiger partial charge in [-0.05, 0) is 61.6 Å². The van der Waals surface area contributed by atoms with E-state index in [4.69, 9.17) is 16.6 Å². The van der Waals surface area contributed by atoms with Gasteiger partial charge in [0.05, 0.1) is 18.2 Å². The second kappa shape index (κ2) is 10.2. The summed E-state index contributed by atoms with van der Waals surface area (Å²) >= 11 is 0. The number of aryl methyl sites for hydroxylation is 1. The maximum absolute atomic E-state index is 11.9. The molecular formula is C20H30N4O3. The highest BCUT2D eigenvalue weighted by Gasteiger charge is 2.21. The summed E-state index contributed by atoms with van der Waals surface area (Å²) in [7, 11) is 0. The van der Waals surface area contributed by atoms with E-state index < -0.39 is 0 Å². The second-order valence-electron chi connectivity index (χ2n) is 7.35. The fraction of sp³-hybridized carbons (Fsp3) is 0.550. The highest BCUT2D eigenvalue weighted by atomic mass is 16.3. The van der Waals surface area contributed by atoms with Crippen LogP contribution in [0.1, 0.15) is 43.9 Å². The number of hydrogen-bond donors (Lipinski definition) is 4. The quantitative estimate of drug-likeness (QED) is 0.491. The Bertz CT molecular complexity index is 702. The van der Waals surface area contributed by atoms with Crippen LogP contribution in [0.5, 0.6) is 0 Å². The van der Waals surface area contributed by atoms with Gasteiger partial charge in [0, 0.05) is 6.61 Å². The molecule has 1 aromatic rings. The molecule has 1 aliphatic rings. The zero-order valence-electron chi connectivity index (χ0n) is 15.8. The molecule has 2 heterocycles. The van der Waals surface area contributed by atoms with Crippen LogP contribution in [-0.4, -0.2) is 33.5 Å². The lowest BCUT2D eigenvalue weighted by Crippen LogP contribution is -2.22. The van der Waals surface area contributed by atoms with Crippen LogP contribution in [0.4, 0.5) is 5.82 Å². The molecule has 2 rings (SSSR count). The van der Waals surface area contributed by atoms with Crippen LogP contribution in [0.15, 0.2) is 29.3 Å². The number of nitrogens with zero attached hydrogens (tertiary/aromatic N) is 2. The van der Waals surface area contributed by atoms with E-state index in [1.165, 1.54) is 0 Å².